The lowest BCUT2D eigenvalue weighted by Crippen LogP contribution is -2.31. The molecule has 4 nitrogen and oxygen atoms in total. The first-order valence-electron chi connectivity index (χ1n) is 10.8. The van der Waals surface area contributed by atoms with Crippen molar-refractivity contribution in [3.8, 4) is 0 Å². The van der Waals surface area contributed by atoms with Gasteiger partial charge in [0.15, 0.2) is 0 Å². The van der Waals surface area contributed by atoms with Gasteiger partial charge < -0.3 is 9.64 Å². The summed E-state index contributed by atoms with van der Waals surface area (Å²) in [5.74, 6) is -0.485. The Balaban J connectivity index is 4.34. The Hall–Kier alpha value is -1.32. The molecule has 26 heavy (non-hydrogen) atoms. The second-order valence-electron chi connectivity index (χ2n) is 7.01. The van der Waals surface area contributed by atoms with Gasteiger partial charge >= 0.3 is 5.97 Å². The average molecular weight is 368 g/mol. The first-order chi connectivity index (χ1) is 12.7. The van der Waals surface area contributed by atoms with Crippen LogP contribution in [-0.2, 0) is 14.3 Å². The average Bonchev–Trinajstić information content (AvgIpc) is 2.64. The number of hydrogen-bond donors (Lipinski definition) is 0. The van der Waals surface area contributed by atoms with Gasteiger partial charge in [-0.1, -0.05) is 78.6 Å². The summed E-state index contributed by atoms with van der Waals surface area (Å²) in [4.78, 5) is 26.0. The quantitative estimate of drug-likeness (QED) is 0.189. The smallest absolute Gasteiger partial charge is 0.330 e. The van der Waals surface area contributed by atoms with Crippen LogP contribution in [0.4, 0.5) is 0 Å². The molecule has 0 atom stereocenters. The number of esters is 1. The van der Waals surface area contributed by atoms with Gasteiger partial charge in [0.2, 0.25) is 5.91 Å². The molecule has 0 aromatic rings. The highest BCUT2D eigenvalue weighted by Gasteiger charge is 2.11. The number of rotatable bonds is 17. The third-order valence-electron chi connectivity index (χ3n) is 4.48. The fourth-order valence-electron chi connectivity index (χ4n) is 2.75. The molecular weight excluding hydrogens is 326 g/mol. The number of unbranched alkanes of at least 4 members (excludes halogenated alkanes) is 9. The number of ether oxygens (including phenoxy) is 1. The van der Waals surface area contributed by atoms with E-state index < -0.39 is 5.97 Å². The van der Waals surface area contributed by atoms with Gasteiger partial charge in [-0.15, -0.1) is 0 Å². The van der Waals surface area contributed by atoms with Crippen LogP contribution in [-0.4, -0.2) is 36.5 Å². The standard InChI is InChI=1S/C22H41NO3/c1-4-7-10-12-14-18-23(19-15-13-11-8-5-2)21(24)16-17-22(25)26-20-9-6-3/h16-17H,4-15,18-20H2,1-3H3/b17-16+. The van der Waals surface area contributed by atoms with Crippen LogP contribution in [0, 0.1) is 0 Å². The molecule has 0 heterocycles. The zero-order valence-corrected chi connectivity index (χ0v) is 17.4. The molecule has 0 aromatic heterocycles. The molecule has 0 radical (unpaired) electrons. The molecule has 4 heteroatoms. The molecular formula is C22H41NO3. The lowest BCUT2D eigenvalue weighted by Gasteiger charge is -2.21. The van der Waals surface area contributed by atoms with Crippen molar-refractivity contribution >= 4 is 11.9 Å². The summed E-state index contributed by atoms with van der Waals surface area (Å²) in [6, 6.07) is 0. The molecule has 0 saturated heterocycles. The van der Waals surface area contributed by atoms with Gasteiger partial charge in [-0.2, -0.15) is 0 Å². The Morgan fingerprint density at radius 3 is 1.69 bits per heavy atom. The lowest BCUT2D eigenvalue weighted by atomic mass is 10.1. The summed E-state index contributed by atoms with van der Waals surface area (Å²) in [7, 11) is 0. The summed E-state index contributed by atoms with van der Waals surface area (Å²) in [6.45, 7) is 8.45. The van der Waals surface area contributed by atoms with Crippen LogP contribution in [0.2, 0.25) is 0 Å². The van der Waals surface area contributed by atoms with Crippen molar-refractivity contribution in [2.45, 2.75) is 97.8 Å². The van der Waals surface area contributed by atoms with E-state index in [1.807, 2.05) is 11.8 Å². The third kappa shape index (κ3) is 15.0. The van der Waals surface area contributed by atoms with E-state index in [1.165, 1.54) is 50.7 Å². The first kappa shape index (κ1) is 24.7. The molecule has 1 amide bonds. The molecule has 0 rings (SSSR count). The van der Waals surface area contributed by atoms with E-state index in [0.717, 1.165) is 51.6 Å². The van der Waals surface area contributed by atoms with Crippen LogP contribution in [0.5, 0.6) is 0 Å². The molecule has 0 aliphatic heterocycles. The lowest BCUT2D eigenvalue weighted by molar-refractivity contribution is -0.138. The molecule has 0 N–H and O–H groups in total. The molecule has 0 saturated carbocycles. The van der Waals surface area contributed by atoms with Gasteiger partial charge in [0, 0.05) is 25.2 Å². The topological polar surface area (TPSA) is 46.6 Å². The number of hydrogen-bond acceptors (Lipinski definition) is 3. The Labute approximate surface area is 161 Å². The minimum absolute atomic E-state index is 0.0663. The van der Waals surface area contributed by atoms with Crippen LogP contribution >= 0.6 is 0 Å². The van der Waals surface area contributed by atoms with E-state index in [1.54, 1.807) is 0 Å². The number of carbonyl (C=O) groups is 2. The maximum atomic E-state index is 12.4. The Bertz CT molecular complexity index is 366. The highest BCUT2D eigenvalue weighted by atomic mass is 16.5. The van der Waals surface area contributed by atoms with Gasteiger partial charge in [-0.3, -0.25) is 4.79 Å². The van der Waals surface area contributed by atoms with Crippen molar-refractivity contribution in [3.63, 3.8) is 0 Å². The van der Waals surface area contributed by atoms with Crippen molar-refractivity contribution in [1.82, 2.24) is 4.90 Å². The van der Waals surface area contributed by atoms with Crippen molar-refractivity contribution in [2.24, 2.45) is 0 Å². The fourth-order valence-corrected chi connectivity index (χ4v) is 2.75. The molecule has 0 aromatic carbocycles. The van der Waals surface area contributed by atoms with Gasteiger partial charge in [0.25, 0.3) is 0 Å². The van der Waals surface area contributed by atoms with E-state index >= 15 is 0 Å². The monoisotopic (exact) mass is 367 g/mol. The number of carbonyl (C=O) groups excluding carboxylic acids is 2. The highest BCUT2D eigenvalue weighted by molar-refractivity contribution is 5.94. The van der Waals surface area contributed by atoms with Crippen LogP contribution < -0.4 is 0 Å². The number of amides is 1. The first-order valence-corrected chi connectivity index (χ1v) is 10.8. The summed E-state index contributed by atoms with van der Waals surface area (Å²) < 4.78 is 5.07. The minimum atomic E-state index is -0.419. The molecule has 152 valence electrons. The van der Waals surface area contributed by atoms with E-state index in [0.29, 0.717) is 6.61 Å². The maximum Gasteiger partial charge on any atom is 0.330 e. The van der Waals surface area contributed by atoms with Crippen LogP contribution in [0.15, 0.2) is 12.2 Å². The summed E-state index contributed by atoms with van der Waals surface area (Å²) in [5, 5.41) is 0. The summed E-state index contributed by atoms with van der Waals surface area (Å²) >= 11 is 0. The Morgan fingerprint density at radius 1 is 0.692 bits per heavy atom. The van der Waals surface area contributed by atoms with Crippen molar-refractivity contribution in [1.29, 1.82) is 0 Å². The minimum Gasteiger partial charge on any atom is -0.463 e. The predicted octanol–water partition coefficient (Wildman–Crippen LogP) is 5.66. The normalized spacial score (nSPS) is 11.0. The van der Waals surface area contributed by atoms with E-state index in [4.69, 9.17) is 4.74 Å². The summed E-state index contributed by atoms with van der Waals surface area (Å²) in [5.41, 5.74) is 0. The second-order valence-corrected chi connectivity index (χ2v) is 7.01. The number of nitrogens with zero attached hydrogens (tertiary/aromatic N) is 1. The van der Waals surface area contributed by atoms with E-state index in [-0.39, 0.29) is 5.91 Å². The van der Waals surface area contributed by atoms with Gasteiger partial charge in [-0.25, -0.2) is 4.79 Å². The van der Waals surface area contributed by atoms with Gasteiger partial charge in [0.1, 0.15) is 0 Å². The SMILES string of the molecule is CCCCCCCN(CCCCCCC)C(=O)/C=C/C(=O)OCCCC. The van der Waals surface area contributed by atoms with Crippen LogP contribution in [0.25, 0.3) is 0 Å². The van der Waals surface area contributed by atoms with Gasteiger partial charge in [0.05, 0.1) is 6.61 Å². The maximum absolute atomic E-state index is 12.4. The highest BCUT2D eigenvalue weighted by Crippen LogP contribution is 2.08. The van der Waals surface area contributed by atoms with E-state index in [9.17, 15) is 9.59 Å². The largest absolute Gasteiger partial charge is 0.463 e. The Kier molecular flexibility index (Phi) is 17.5. The van der Waals surface area contributed by atoms with Crippen LogP contribution in [0.3, 0.4) is 0 Å². The molecule has 0 aliphatic rings. The molecule has 0 bridgehead atoms. The zero-order valence-electron chi connectivity index (χ0n) is 17.4. The molecule has 0 spiro atoms. The van der Waals surface area contributed by atoms with Crippen LogP contribution in [0.1, 0.15) is 97.8 Å². The Morgan fingerprint density at radius 2 is 1.19 bits per heavy atom. The fraction of sp³-hybridized carbons (Fsp3) is 0.818. The zero-order chi connectivity index (χ0) is 19.5. The molecule has 0 unspecified atom stereocenters. The van der Waals surface area contributed by atoms with Crippen molar-refractivity contribution in [2.75, 3.05) is 19.7 Å². The molecule has 0 fully saturated rings. The summed E-state index contributed by atoms with van der Waals surface area (Å²) in [6.07, 6.45) is 16.3. The molecule has 0 aliphatic carbocycles. The predicted molar refractivity (Wildman–Crippen MR) is 109 cm³/mol. The van der Waals surface area contributed by atoms with Gasteiger partial charge in [-0.05, 0) is 19.3 Å². The third-order valence-corrected chi connectivity index (χ3v) is 4.48. The second kappa shape index (κ2) is 18.5. The van der Waals surface area contributed by atoms with Crippen molar-refractivity contribution < 1.29 is 14.3 Å². The van der Waals surface area contributed by atoms with Crippen molar-refractivity contribution in [3.05, 3.63) is 12.2 Å². The van der Waals surface area contributed by atoms with E-state index in [2.05, 4.69) is 13.8 Å².